The van der Waals surface area contributed by atoms with E-state index in [1.54, 1.807) is 0 Å². The number of anilines is 1. The van der Waals surface area contributed by atoms with Crippen LogP contribution >= 0.6 is 0 Å². The van der Waals surface area contributed by atoms with Gasteiger partial charge in [0.2, 0.25) is 0 Å². The zero-order chi connectivity index (χ0) is 15.4. The van der Waals surface area contributed by atoms with Gasteiger partial charge < -0.3 is 10.4 Å². The second-order valence-corrected chi connectivity index (χ2v) is 5.12. The van der Waals surface area contributed by atoms with Gasteiger partial charge in [0.05, 0.1) is 22.1 Å². The topological polar surface area (TPSA) is 116 Å². The molecule has 7 heteroatoms. The van der Waals surface area contributed by atoms with Crippen molar-refractivity contribution in [2.75, 3.05) is 11.9 Å². The molecule has 0 aromatic heterocycles. The van der Waals surface area contributed by atoms with Crippen LogP contribution in [0.5, 0.6) is 0 Å². The van der Waals surface area contributed by atoms with Crippen LogP contribution in [0.1, 0.15) is 24.8 Å². The van der Waals surface area contributed by atoms with Gasteiger partial charge in [-0.1, -0.05) is 6.42 Å². The molecule has 0 aliphatic heterocycles. The van der Waals surface area contributed by atoms with Crippen LogP contribution in [0.2, 0.25) is 0 Å². The monoisotopic (exact) mass is 289 g/mol. The summed E-state index contributed by atoms with van der Waals surface area (Å²) in [4.78, 5) is 21.2. The highest BCUT2D eigenvalue weighted by Crippen LogP contribution is 2.32. The maximum Gasteiger partial charge on any atom is 0.306 e. The molecular weight excluding hydrogens is 274 g/mol. The summed E-state index contributed by atoms with van der Waals surface area (Å²) in [6.07, 6.45) is 2.39. The minimum absolute atomic E-state index is 0.0178. The molecule has 2 N–H and O–H groups in total. The standard InChI is InChI=1S/C14H15N3O4/c15-7-10-6-11(17(20)21)4-5-13(10)16-8-9-2-1-3-12(9)14(18)19/h4-6,9,12,16H,1-3,8H2,(H,18,19). The van der Waals surface area contributed by atoms with Crippen LogP contribution < -0.4 is 5.32 Å². The molecule has 0 amide bonds. The van der Waals surface area contributed by atoms with Crippen molar-refractivity contribution < 1.29 is 14.8 Å². The number of carbonyl (C=O) groups is 1. The Hall–Kier alpha value is -2.62. The summed E-state index contributed by atoms with van der Waals surface area (Å²) >= 11 is 0. The molecule has 1 aromatic rings. The molecule has 21 heavy (non-hydrogen) atoms. The number of hydrogen-bond acceptors (Lipinski definition) is 5. The van der Waals surface area contributed by atoms with Gasteiger partial charge in [-0.05, 0) is 24.8 Å². The molecule has 0 heterocycles. The number of non-ortho nitro benzene ring substituents is 1. The molecule has 1 saturated carbocycles. The molecule has 2 unspecified atom stereocenters. The second kappa shape index (κ2) is 6.22. The van der Waals surface area contributed by atoms with Gasteiger partial charge in [-0.25, -0.2) is 0 Å². The summed E-state index contributed by atoms with van der Waals surface area (Å²) in [5.74, 6) is -1.13. The van der Waals surface area contributed by atoms with E-state index in [9.17, 15) is 14.9 Å². The van der Waals surface area contributed by atoms with Crippen LogP contribution in [0, 0.1) is 33.3 Å². The Balaban J connectivity index is 2.08. The molecule has 1 aliphatic carbocycles. The molecule has 2 rings (SSSR count). The third kappa shape index (κ3) is 3.28. The van der Waals surface area contributed by atoms with E-state index in [2.05, 4.69) is 5.32 Å². The lowest BCUT2D eigenvalue weighted by molar-refractivity contribution is -0.384. The van der Waals surface area contributed by atoms with Gasteiger partial charge in [0, 0.05) is 18.7 Å². The number of carboxylic acids is 1. The number of nitriles is 1. The summed E-state index contributed by atoms with van der Waals surface area (Å²) < 4.78 is 0. The van der Waals surface area contributed by atoms with E-state index in [0.717, 1.165) is 12.8 Å². The highest BCUT2D eigenvalue weighted by Gasteiger charge is 2.32. The summed E-state index contributed by atoms with van der Waals surface area (Å²) in [6, 6.07) is 5.94. The summed E-state index contributed by atoms with van der Waals surface area (Å²) in [5.41, 5.74) is 0.551. The molecule has 1 aromatic carbocycles. The lowest BCUT2D eigenvalue weighted by atomic mass is 9.96. The Morgan fingerprint density at radius 2 is 2.29 bits per heavy atom. The van der Waals surface area contributed by atoms with E-state index >= 15 is 0 Å². The van der Waals surface area contributed by atoms with Crippen molar-refractivity contribution in [2.45, 2.75) is 19.3 Å². The summed E-state index contributed by atoms with van der Waals surface area (Å²) in [6.45, 7) is 0.448. The minimum atomic E-state index is -0.788. The highest BCUT2D eigenvalue weighted by atomic mass is 16.6. The normalized spacial score (nSPS) is 20.7. The predicted molar refractivity (Wildman–Crippen MR) is 74.8 cm³/mol. The number of rotatable bonds is 5. The molecule has 0 spiro atoms. The predicted octanol–water partition coefficient (Wildman–Crippen LogP) is 2.38. The first kappa shape index (κ1) is 14.8. The number of aliphatic carboxylic acids is 1. The minimum Gasteiger partial charge on any atom is -0.481 e. The number of hydrogen-bond donors (Lipinski definition) is 2. The number of nitrogens with zero attached hydrogens (tertiary/aromatic N) is 2. The van der Waals surface area contributed by atoms with Crippen molar-refractivity contribution in [3.63, 3.8) is 0 Å². The summed E-state index contributed by atoms with van der Waals surface area (Å²) in [5, 5.41) is 31.9. The fraction of sp³-hybridized carbons (Fsp3) is 0.429. The number of nitro groups is 1. The van der Waals surface area contributed by atoms with Gasteiger partial charge in [0.1, 0.15) is 6.07 Å². The quantitative estimate of drug-likeness (QED) is 0.635. The van der Waals surface area contributed by atoms with E-state index in [-0.39, 0.29) is 23.1 Å². The van der Waals surface area contributed by atoms with E-state index in [1.165, 1.54) is 18.2 Å². The van der Waals surface area contributed by atoms with Gasteiger partial charge in [0.15, 0.2) is 0 Å². The van der Waals surface area contributed by atoms with Crippen molar-refractivity contribution in [1.82, 2.24) is 0 Å². The zero-order valence-electron chi connectivity index (χ0n) is 11.3. The van der Waals surface area contributed by atoms with Crippen LogP contribution in [-0.4, -0.2) is 22.5 Å². The largest absolute Gasteiger partial charge is 0.481 e. The molecular formula is C14H15N3O4. The van der Waals surface area contributed by atoms with Gasteiger partial charge in [-0.3, -0.25) is 14.9 Å². The van der Waals surface area contributed by atoms with Crippen molar-refractivity contribution in [2.24, 2.45) is 11.8 Å². The van der Waals surface area contributed by atoms with Crippen LogP contribution in [0.15, 0.2) is 18.2 Å². The van der Waals surface area contributed by atoms with Gasteiger partial charge >= 0.3 is 5.97 Å². The molecule has 0 saturated heterocycles. The average Bonchev–Trinajstić information content (AvgIpc) is 2.93. The van der Waals surface area contributed by atoms with Crippen molar-refractivity contribution in [3.05, 3.63) is 33.9 Å². The molecule has 2 atom stereocenters. The first-order chi connectivity index (χ1) is 10.0. The fourth-order valence-electron chi connectivity index (χ4n) is 2.74. The Morgan fingerprint density at radius 3 is 2.90 bits per heavy atom. The smallest absolute Gasteiger partial charge is 0.306 e. The van der Waals surface area contributed by atoms with Crippen LogP contribution in [-0.2, 0) is 4.79 Å². The third-order valence-corrected chi connectivity index (χ3v) is 3.87. The second-order valence-electron chi connectivity index (χ2n) is 5.12. The number of benzene rings is 1. The summed E-state index contributed by atoms with van der Waals surface area (Å²) in [7, 11) is 0. The fourth-order valence-corrected chi connectivity index (χ4v) is 2.74. The maximum absolute atomic E-state index is 11.1. The molecule has 0 bridgehead atoms. The number of nitro benzene ring substituents is 1. The first-order valence-electron chi connectivity index (χ1n) is 6.68. The zero-order valence-corrected chi connectivity index (χ0v) is 11.3. The molecule has 1 fully saturated rings. The molecule has 7 nitrogen and oxygen atoms in total. The number of nitrogens with one attached hydrogen (secondary N) is 1. The van der Waals surface area contributed by atoms with Crippen LogP contribution in [0.3, 0.4) is 0 Å². The third-order valence-electron chi connectivity index (χ3n) is 3.87. The van der Waals surface area contributed by atoms with Gasteiger partial charge in [-0.15, -0.1) is 0 Å². The van der Waals surface area contributed by atoms with E-state index in [0.29, 0.717) is 18.7 Å². The SMILES string of the molecule is N#Cc1cc([N+](=O)[O-])ccc1NCC1CCCC1C(=O)O. The van der Waals surface area contributed by atoms with Crippen molar-refractivity contribution >= 4 is 17.3 Å². The molecule has 110 valence electrons. The lowest BCUT2D eigenvalue weighted by Crippen LogP contribution is -2.24. The Kier molecular flexibility index (Phi) is 4.38. The Labute approximate surface area is 121 Å². The average molecular weight is 289 g/mol. The maximum atomic E-state index is 11.1. The van der Waals surface area contributed by atoms with Crippen molar-refractivity contribution in [3.8, 4) is 6.07 Å². The van der Waals surface area contributed by atoms with Gasteiger partial charge in [-0.2, -0.15) is 5.26 Å². The van der Waals surface area contributed by atoms with Crippen molar-refractivity contribution in [1.29, 1.82) is 5.26 Å². The van der Waals surface area contributed by atoms with E-state index in [4.69, 9.17) is 10.4 Å². The first-order valence-corrected chi connectivity index (χ1v) is 6.68. The van der Waals surface area contributed by atoms with Crippen LogP contribution in [0.4, 0.5) is 11.4 Å². The van der Waals surface area contributed by atoms with E-state index in [1.807, 2.05) is 6.07 Å². The molecule has 1 aliphatic rings. The number of carboxylic acid groups (broad SMARTS) is 1. The highest BCUT2D eigenvalue weighted by molar-refractivity contribution is 5.71. The Bertz CT molecular complexity index is 609. The Morgan fingerprint density at radius 1 is 1.52 bits per heavy atom. The lowest BCUT2D eigenvalue weighted by Gasteiger charge is -2.17. The van der Waals surface area contributed by atoms with Crippen LogP contribution in [0.25, 0.3) is 0 Å². The molecule has 0 radical (unpaired) electrons. The van der Waals surface area contributed by atoms with E-state index < -0.39 is 10.9 Å². The van der Waals surface area contributed by atoms with Gasteiger partial charge in [0.25, 0.3) is 5.69 Å².